The number of terminal acetylenes is 1. The van der Waals surface area contributed by atoms with E-state index >= 15 is 0 Å². The van der Waals surface area contributed by atoms with Gasteiger partial charge in [-0.15, -0.1) is 12.3 Å². The Morgan fingerprint density at radius 2 is 2.33 bits per heavy atom. The zero-order valence-corrected chi connectivity index (χ0v) is 7.41. The molecule has 3 nitrogen and oxygen atoms in total. The fraction of sp³-hybridized carbons (Fsp3) is 0.667. The van der Waals surface area contributed by atoms with Gasteiger partial charge >= 0.3 is 5.97 Å². The van der Waals surface area contributed by atoms with Crippen molar-refractivity contribution in [1.82, 2.24) is 0 Å². The summed E-state index contributed by atoms with van der Waals surface area (Å²) in [6, 6.07) is 0. The third kappa shape index (κ3) is 3.40. The van der Waals surface area contributed by atoms with Crippen molar-refractivity contribution in [3.8, 4) is 12.3 Å². The van der Waals surface area contributed by atoms with E-state index < -0.39 is 18.0 Å². The smallest absolute Gasteiger partial charge is 0.312 e. The first-order valence-corrected chi connectivity index (χ1v) is 3.91. The summed E-state index contributed by atoms with van der Waals surface area (Å²) in [5, 5.41) is 9.14. The fourth-order valence-corrected chi connectivity index (χ4v) is 0.827. The number of aliphatic hydroxyl groups is 1. The largest absolute Gasteiger partial charge is 0.466 e. The van der Waals surface area contributed by atoms with Crippen LogP contribution in [0.1, 0.15) is 20.3 Å². The zero-order valence-electron chi connectivity index (χ0n) is 7.41. The van der Waals surface area contributed by atoms with Gasteiger partial charge in [0, 0.05) is 6.42 Å². The van der Waals surface area contributed by atoms with E-state index in [-0.39, 0.29) is 6.42 Å². The van der Waals surface area contributed by atoms with Gasteiger partial charge in [-0.3, -0.25) is 4.79 Å². The van der Waals surface area contributed by atoms with Crippen LogP contribution in [0.2, 0.25) is 0 Å². The number of esters is 1. The molecular formula is C9H14O3. The molecule has 0 aromatic rings. The average Bonchev–Trinajstić information content (AvgIpc) is 1.99. The van der Waals surface area contributed by atoms with Crippen LogP contribution in [0.25, 0.3) is 0 Å². The molecule has 0 rings (SSSR count). The van der Waals surface area contributed by atoms with Gasteiger partial charge in [-0.2, -0.15) is 0 Å². The number of ether oxygens (including phenoxy) is 1. The summed E-state index contributed by atoms with van der Waals surface area (Å²) in [7, 11) is 0. The van der Waals surface area contributed by atoms with Gasteiger partial charge in [0.15, 0.2) is 0 Å². The van der Waals surface area contributed by atoms with Crippen LogP contribution < -0.4 is 0 Å². The van der Waals surface area contributed by atoms with E-state index in [2.05, 4.69) is 5.92 Å². The van der Waals surface area contributed by atoms with Gasteiger partial charge in [-0.25, -0.2) is 0 Å². The third-order valence-corrected chi connectivity index (χ3v) is 1.51. The topological polar surface area (TPSA) is 46.5 Å². The molecule has 0 saturated heterocycles. The number of hydrogen-bond donors (Lipinski definition) is 1. The van der Waals surface area contributed by atoms with Gasteiger partial charge in [-0.05, 0) is 13.8 Å². The van der Waals surface area contributed by atoms with Crippen molar-refractivity contribution in [2.45, 2.75) is 26.4 Å². The maximum atomic E-state index is 11.1. The molecule has 0 spiro atoms. The molecule has 0 heterocycles. The molecule has 0 amide bonds. The molecule has 0 aromatic carbocycles. The van der Waals surface area contributed by atoms with Gasteiger partial charge in [0.2, 0.25) is 0 Å². The summed E-state index contributed by atoms with van der Waals surface area (Å²) in [6.07, 6.45) is 4.50. The molecule has 0 aliphatic heterocycles. The van der Waals surface area contributed by atoms with E-state index in [4.69, 9.17) is 16.3 Å². The minimum absolute atomic E-state index is 0.219. The minimum Gasteiger partial charge on any atom is -0.466 e. The summed E-state index contributed by atoms with van der Waals surface area (Å²) in [5.41, 5.74) is 0. The van der Waals surface area contributed by atoms with Crippen LogP contribution in [-0.2, 0) is 9.53 Å². The normalized spacial score (nSPS) is 14.5. The highest BCUT2D eigenvalue weighted by atomic mass is 16.5. The van der Waals surface area contributed by atoms with Crippen LogP contribution >= 0.6 is 0 Å². The van der Waals surface area contributed by atoms with E-state index in [1.165, 1.54) is 6.92 Å². The van der Waals surface area contributed by atoms with Gasteiger partial charge in [0.1, 0.15) is 0 Å². The van der Waals surface area contributed by atoms with Crippen molar-refractivity contribution in [3.05, 3.63) is 0 Å². The molecule has 0 bridgehead atoms. The average molecular weight is 170 g/mol. The molecule has 0 fully saturated rings. The lowest BCUT2D eigenvalue weighted by Gasteiger charge is -2.14. The lowest BCUT2D eigenvalue weighted by Crippen LogP contribution is -2.27. The highest BCUT2D eigenvalue weighted by Crippen LogP contribution is 2.10. The summed E-state index contributed by atoms with van der Waals surface area (Å²) < 4.78 is 4.72. The van der Waals surface area contributed by atoms with E-state index in [0.717, 1.165) is 0 Å². The van der Waals surface area contributed by atoms with Crippen molar-refractivity contribution in [3.63, 3.8) is 0 Å². The molecule has 2 atom stereocenters. The Hall–Kier alpha value is -1.01. The lowest BCUT2D eigenvalue weighted by atomic mass is 10.0. The summed E-state index contributed by atoms with van der Waals surface area (Å²) in [6.45, 7) is 3.55. The molecule has 0 aliphatic rings. The number of carbonyl (C=O) groups is 1. The van der Waals surface area contributed by atoms with Crippen molar-refractivity contribution < 1.29 is 14.6 Å². The standard InChI is InChI=1S/C9H14O3/c1-4-6-8(7(3)10)9(11)12-5-2/h1,7-8,10H,5-6H2,2-3H3/t7-,8-/m0/s1. The Morgan fingerprint density at radius 3 is 2.67 bits per heavy atom. The first-order valence-electron chi connectivity index (χ1n) is 3.91. The van der Waals surface area contributed by atoms with Crippen LogP contribution in [-0.4, -0.2) is 23.8 Å². The Labute approximate surface area is 72.7 Å². The van der Waals surface area contributed by atoms with Crippen LogP contribution in [0.4, 0.5) is 0 Å². The fourth-order valence-electron chi connectivity index (χ4n) is 0.827. The Balaban J connectivity index is 4.11. The zero-order chi connectivity index (χ0) is 9.56. The number of hydrogen-bond acceptors (Lipinski definition) is 3. The van der Waals surface area contributed by atoms with Crippen molar-refractivity contribution in [1.29, 1.82) is 0 Å². The van der Waals surface area contributed by atoms with E-state index in [1.54, 1.807) is 6.92 Å². The maximum absolute atomic E-state index is 11.1. The summed E-state index contributed by atoms with van der Waals surface area (Å²) >= 11 is 0. The van der Waals surface area contributed by atoms with Crippen molar-refractivity contribution in [2.75, 3.05) is 6.61 Å². The number of aliphatic hydroxyl groups excluding tert-OH is 1. The van der Waals surface area contributed by atoms with Gasteiger partial charge < -0.3 is 9.84 Å². The van der Waals surface area contributed by atoms with Crippen molar-refractivity contribution >= 4 is 5.97 Å². The molecule has 0 radical (unpaired) electrons. The highest BCUT2D eigenvalue weighted by molar-refractivity contribution is 5.73. The first kappa shape index (κ1) is 11.0. The molecule has 0 aromatic heterocycles. The second-order valence-electron chi connectivity index (χ2n) is 2.51. The quantitative estimate of drug-likeness (QED) is 0.495. The predicted molar refractivity (Wildman–Crippen MR) is 45.3 cm³/mol. The van der Waals surface area contributed by atoms with Crippen LogP contribution in [0.3, 0.4) is 0 Å². The SMILES string of the molecule is C#CC[C@H](C(=O)OCC)[C@H](C)O. The molecule has 12 heavy (non-hydrogen) atoms. The Morgan fingerprint density at radius 1 is 1.75 bits per heavy atom. The minimum atomic E-state index is -0.750. The first-order chi connectivity index (χ1) is 5.63. The third-order valence-electron chi connectivity index (χ3n) is 1.51. The lowest BCUT2D eigenvalue weighted by molar-refractivity contribution is -0.151. The van der Waals surface area contributed by atoms with E-state index in [9.17, 15) is 4.79 Å². The highest BCUT2D eigenvalue weighted by Gasteiger charge is 2.23. The maximum Gasteiger partial charge on any atom is 0.312 e. The van der Waals surface area contributed by atoms with E-state index in [1.807, 2.05) is 0 Å². The van der Waals surface area contributed by atoms with E-state index in [0.29, 0.717) is 6.61 Å². The van der Waals surface area contributed by atoms with Crippen LogP contribution in [0, 0.1) is 18.3 Å². The van der Waals surface area contributed by atoms with Gasteiger partial charge in [0.25, 0.3) is 0 Å². The molecule has 1 N–H and O–H groups in total. The van der Waals surface area contributed by atoms with Crippen molar-refractivity contribution in [2.24, 2.45) is 5.92 Å². The molecule has 0 aliphatic carbocycles. The molecule has 0 unspecified atom stereocenters. The molecule has 0 saturated carbocycles. The predicted octanol–water partition coefficient (Wildman–Crippen LogP) is 0.570. The number of carbonyl (C=O) groups excluding carboxylic acids is 1. The van der Waals surface area contributed by atoms with Gasteiger partial charge in [-0.1, -0.05) is 0 Å². The number of rotatable bonds is 4. The molecule has 3 heteroatoms. The molecule has 68 valence electrons. The van der Waals surface area contributed by atoms with Crippen LogP contribution in [0.15, 0.2) is 0 Å². The summed E-state index contributed by atoms with van der Waals surface area (Å²) in [4.78, 5) is 11.1. The Kier molecular flexibility index (Phi) is 5.14. The van der Waals surface area contributed by atoms with Gasteiger partial charge in [0.05, 0.1) is 18.6 Å². The summed E-state index contributed by atoms with van der Waals surface area (Å²) in [5.74, 6) is 1.31. The molecular weight excluding hydrogens is 156 g/mol. The second kappa shape index (κ2) is 5.62. The Bertz CT molecular complexity index is 179. The second-order valence-corrected chi connectivity index (χ2v) is 2.51. The monoisotopic (exact) mass is 170 g/mol. The van der Waals surface area contributed by atoms with Crippen LogP contribution in [0.5, 0.6) is 0 Å².